The molecule has 4 heteroatoms. The number of rotatable bonds is 1. The number of nitrogens with zero attached hydrogens (tertiary/aromatic N) is 2. The Morgan fingerprint density at radius 2 is 1.25 bits per heavy atom. The minimum Gasteiger partial charge on any atom is -0.624 e. The molecule has 0 saturated heterocycles. The van der Waals surface area contributed by atoms with E-state index in [2.05, 4.69) is 0 Å². The molecule has 0 aliphatic rings. The summed E-state index contributed by atoms with van der Waals surface area (Å²) in [4.78, 5) is 0. The van der Waals surface area contributed by atoms with Crippen LogP contribution >= 0.6 is 0 Å². The molecule has 0 atom stereocenters. The zero-order valence-electron chi connectivity index (χ0n) is 4.87. The second kappa shape index (κ2) is 3.01. The van der Waals surface area contributed by atoms with Gasteiger partial charge in [0.2, 0.25) is 12.4 Å². The summed E-state index contributed by atoms with van der Waals surface area (Å²) < 4.78 is 1.10. The van der Waals surface area contributed by atoms with Crippen LogP contribution in [0.3, 0.4) is 0 Å². The van der Waals surface area contributed by atoms with Gasteiger partial charge in [-0.25, -0.2) is 9.48 Å². The minimum absolute atomic E-state index is 0.550. The molecule has 0 spiro atoms. The van der Waals surface area contributed by atoms with Crippen LogP contribution in [0.1, 0.15) is 0 Å². The molecule has 46 valence electrons. The third kappa shape index (κ3) is 4.94. The van der Waals surface area contributed by atoms with Crippen molar-refractivity contribution in [3.05, 3.63) is 10.4 Å². The van der Waals surface area contributed by atoms with Crippen LogP contribution in [-0.2, 0) is 0 Å². The maximum absolute atomic E-state index is 10.0. The van der Waals surface area contributed by atoms with Crippen molar-refractivity contribution in [2.75, 3.05) is 14.1 Å². The summed E-state index contributed by atoms with van der Waals surface area (Å²) in [6.07, 6.45) is 2.26. The molecule has 0 aromatic rings. The van der Waals surface area contributed by atoms with Crippen molar-refractivity contribution in [3.63, 3.8) is 0 Å². The van der Waals surface area contributed by atoms with Gasteiger partial charge in [-0.15, -0.1) is 0 Å². The monoisotopic (exact) mass is 116 g/mol. The van der Waals surface area contributed by atoms with E-state index in [1.807, 2.05) is 0 Å². The van der Waals surface area contributed by atoms with Gasteiger partial charge in [0, 0.05) is 0 Å². The largest absolute Gasteiger partial charge is 0.624 e. The second-order valence-corrected chi connectivity index (χ2v) is 1.39. The summed E-state index contributed by atoms with van der Waals surface area (Å²) >= 11 is 0. The van der Waals surface area contributed by atoms with Gasteiger partial charge in [0.25, 0.3) is 0 Å². The summed E-state index contributed by atoms with van der Waals surface area (Å²) in [5.41, 5.74) is 0. The van der Waals surface area contributed by atoms with Crippen molar-refractivity contribution in [1.29, 1.82) is 0 Å². The average molecular weight is 116 g/mol. The lowest BCUT2D eigenvalue weighted by atomic mass is 10.8. The van der Waals surface area contributed by atoms with E-state index in [0.29, 0.717) is 9.48 Å². The highest BCUT2D eigenvalue weighted by Gasteiger charge is 1.77. The van der Waals surface area contributed by atoms with Gasteiger partial charge in [-0.05, 0) is 0 Å². The van der Waals surface area contributed by atoms with Gasteiger partial charge in [-0.2, -0.15) is 0 Å². The van der Waals surface area contributed by atoms with Crippen molar-refractivity contribution in [1.82, 2.24) is 0 Å². The molecule has 0 saturated carbocycles. The van der Waals surface area contributed by atoms with E-state index in [-0.39, 0.29) is 0 Å². The van der Waals surface area contributed by atoms with Gasteiger partial charge >= 0.3 is 0 Å². The molecule has 0 bridgehead atoms. The van der Waals surface area contributed by atoms with Crippen LogP contribution in [0.2, 0.25) is 0 Å². The lowest BCUT2D eigenvalue weighted by molar-refractivity contribution is -0.430. The van der Waals surface area contributed by atoms with Gasteiger partial charge in [0.15, 0.2) is 0 Å². The van der Waals surface area contributed by atoms with Gasteiger partial charge in [-0.3, -0.25) is 0 Å². The van der Waals surface area contributed by atoms with E-state index in [0.717, 1.165) is 12.4 Å². The highest BCUT2D eigenvalue weighted by atomic mass is 16.5. The smallest absolute Gasteiger partial charge is 0.239 e. The first-order valence-electron chi connectivity index (χ1n) is 2.11. The molecule has 8 heavy (non-hydrogen) atoms. The predicted octanol–water partition coefficient (Wildman–Crippen LogP) is -0.592. The molecule has 0 fully saturated rings. The third-order valence-corrected chi connectivity index (χ3v) is 0.487. The van der Waals surface area contributed by atoms with Crippen LogP contribution in [0.5, 0.6) is 0 Å². The molecule has 0 aromatic carbocycles. The molecule has 0 unspecified atom stereocenters. The highest BCUT2D eigenvalue weighted by molar-refractivity contribution is 6.10. The molecule has 0 aliphatic carbocycles. The second-order valence-electron chi connectivity index (χ2n) is 1.39. The van der Waals surface area contributed by atoms with Crippen LogP contribution in [-0.4, -0.2) is 36.0 Å². The quantitative estimate of drug-likeness (QED) is 0.199. The zero-order valence-corrected chi connectivity index (χ0v) is 4.87. The normalized spacial score (nSPS) is 14.2. The Labute approximate surface area is 47.5 Å². The van der Waals surface area contributed by atoms with Crippen molar-refractivity contribution < 1.29 is 9.48 Å². The molecule has 0 rings (SSSR count). The van der Waals surface area contributed by atoms with Gasteiger partial charge in [0.1, 0.15) is 14.1 Å². The van der Waals surface area contributed by atoms with Crippen molar-refractivity contribution >= 4 is 12.4 Å². The lowest BCUT2D eigenvalue weighted by Gasteiger charge is -1.91. The van der Waals surface area contributed by atoms with E-state index in [1.165, 1.54) is 14.1 Å². The summed E-state index contributed by atoms with van der Waals surface area (Å²) in [6.45, 7) is 0. The van der Waals surface area contributed by atoms with Crippen LogP contribution in [0.15, 0.2) is 0 Å². The zero-order chi connectivity index (χ0) is 6.57. The first-order valence-corrected chi connectivity index (χ1v) is 2.11. The average Bonchev–Trinajstić information content (AvgIpc) is 1.61. The fourth-order valence-corrected chi connectivity index (χ4v) is 0.188. The highest BCUT2D eigenvalue weighted by Crippen LogP contribution is 1.53. The van der Waals surface area contributed by atoms with Crippen LogP contribution in [0, 0.1) is 10.4 Å². The maximum Gasteiger partial charge on any atom is 0.239 e. The lowest BCUT2D eigenvalue weighted by Crippen LogP contribution is -2.03. The number of hydroxylamine groups is 2. The van der Waals surface area contributed by atoms with Crippen LogP contribution in [0.25, 0.3) is 0 Å². The SMILES string of the molecule is C[N+]([O-])=CC=[N+](C)[O-]. The standard InChI is InChI=1S/C4H8N2O2/c1-5(7)3-4-6(2)8/h3-4H,1-2H3. The van der Waals surface area contributed by atoms with E-state index in [9.17, 15) is 10.4 Å². The Morgan fingerprint density at radius 3 is 1.38 bits per heavy atom. The van der Waals surface area contributed by atoms with Gasteiger partial charge in [-0.1, -0.05) is 0 Å². The molecule has 0 amide bonds. The first kappa shape index (κ1) is 6.94. The fraction of sp³-hybridized carbons (Fsp3) is 0.500. The minimum atomic E-state index is 0.550. The third-order valence-electron chi connectivity index (χ3n) is 0.487. The Morgan fingerprint density at radius 1 is 1.00 bits per heavy atom. The van der Waals surface area contributed by atoms with Gasteiger partial charge in [0.05, 0.1) is 0 Å². The van der Waals surface area contributed by atoms with E-state index in [1.54, 1.807) is 0 Å². The predicted molar refractivity (Wildman–Crippen MR) is 31.2 cm³/mol. The Bertz CT molecular complexity index is 104. The first-order chi connectivity index (χ1) is 3.63. The summed E-state index contributed by atoms with van der Waals surface area (Å²) in [7, 11) is 2.61. The Balaban J connectivity index is 3.76. The van der Waals surface area contributed by atoms with E-state index in [4.69, 9.17) is 0 Å². The molecule has 0 aromatic heterocycles. The molecule has 0 heterocycles. The summed E-state index contributed by atoms with van der Waals surface area (Å²) in [5.74, 6) is 0. The summed E-state index contributed by atoms with van der Waals surface area (Å²) in [6, 6.07) is 0. The van der Waals surface area contributed by atoms with Crippen molar-refractivity contribution in [3.8, 4) is 0 Å². The molecule has 0 radical (unpaired) electrons. The molecular formula is C4H8N2O2. The fourth-order valence-electron chi connectivity index (χ4n) is 0.188. The molecule has 0 aliphatic heterocycles. The number of hydrogen-bond donors (Lipinski definition) is 0. The van der Waals surface area contributed by atoms with E-state index >= 15 is 0 Å². The summed E-state index contributed by atoms with van der Waals surface area (Å²) in [5, 5.41) is 20.0. The van der Waals surface area contributed by atoms with Crippen LogP contribution < -0.4 is 0 Å². The topological polar surface area (TPSA) is 52.1 Å². The van der Waals surface area contributed by atoms with Gasteiger partial charge < -0.3 is 10.4 Å². The molecule has 4 nitrogen and oxygen atoms in total. The van der Waals surface area contributed by atoms with Crippen molar-refractivity contribution in [2.24, 2.45) is 0 Å². The Hall–Kier alpha value is -1.06. The van der Waals surface area contributed by atoms with Crippen molar-refractivity contribution in [2.45, 2.75) is 0 Å². The van der Waals surface area contributed by atoms with E-state index < -0.39 is 0 Å². The Kier molecular flexibility index (Phi) is 2.61. The molecule has 0 N–H and O–H groups in total. The maximum atomic E-state index is 10.0. The number of hydrogen-bond acceptors (Lipinski definition) is 2. The van der Waals surface area contributed by atoms with Crippen LogP contribution in [0.4, 0.5) is 0 Å². The molecular weight excluding hydrogens is 108 g/mol.